The number of hydrogen-bond acceptors (Lipinski definition) is 5. The Morgan fingerprint density at radius 3 is 2.87 bits per heavy atom. The minimum absolute atomic E-state index is 0.123. The highest BCUT2D eigenvalue weighted by Gasteiger charge is 2.15. The molecule has 0 N–H and O–H groups in total. The van der Waals surface area contributed by atoms with Crippen LogP contribution in [0, 0.1) is 6.92 Å². The standard InChI is InChI=1S/C15H14ClN5O2/c1-10-5-3-4-6-14(10)23-9-11-12(16)7-17-8-13(11)21-15(22)20(2)18-19-21/h3-8H,9H2,1-2H3/i3T. The van der Waals surface area contributed by atoms with Gasteiger partial charge in [0.2, 0.25) is 0 Å². The van der Waals surface area contributed by atoms with E-state index in [1.165, 1.54) is 19.4 Å². The van der Waals surface area contributed by atoms with E-state index >= 15 is 0 Å². The van der Waals surface area contributed by atoms with E-state index in [4.69, 9.17) is 17.7 Å². The minimum Gasteiger partial charge on any atom is -0.488 e. The Morgan fingerprint density at radius 2 is 2.17 bits per heavy atom. The van der Waals surface area contributed by atoms with Gasteiger partial charge in [-0.15, -0.1) is 0 Å². The van der Waals surface area contributed by atoms with Gasteiger partial charge in [0.25, 0.3) is 0 Å². The monoisotopic (exact) mass is 333 g/mol. The largest absolute Gasteiger partial charge is 0.488 e. The molecule has 118 valence electrons. The van der Waals surface area contributed by atoms with Gasteiger partial charge in [-0.25, -0.2) is 4.79 Å². The lowest BCUT2D eigenvalue weighted by Crippen LogP contribution is -2.23. The van der Waals surface area contributed by atoms with E-state index in [1.54, 1.807) is 18.2 Å². The van der Waals surface area contributed by atoms with Crippen molar-refractivity contribution < 1.29 is 6.11 Å². The zero-order valence-electron chi connectivity index (χ0n) is 13.5. The molecule has 0 saturated heterocycles. The Kier molecular flexibility index (Phi) is 3.77. The van der Waals surface area contributed by atoms with Gasteiger partial charge in [0, 0.05) is 18.8 Å². The van der Waals surface area contributed by atoms with E-state index in [1.807, 2.05) is 6.92 Å². The van der Waals surface area contributed by atoms with Crippen molar-refractivity contribution in [3.63, 3.8) is 0 Å². The first kappa shape index (κ1) is 14.0. The summed E-state index contributed by atoms with van der Waals surface area (Å²) in [5.41, 5.74) is 1.42. The second-order valence-corrected chi connectivity index (χ2v) is 5.30. The van der Waals surface area contributed by atoms with Crippen molar-refractivity contribution in [2.75, 3.05) is 0 Å². The van der Waals surface area contributed by atoms with Gasteiger partial charge in [0.05, 0.1) is 18.3 Å². The van der Waals surface area contributed by atoms with Crippen LogP contribution in [0.25, 0.3) is 5.69 Å². The van der Waals surface area contributed by atoms with Crippen LogP contribution in [0.4, 0.5) is 0 Å². The van der Waals surface area contributed by atoms with Crippen molar-refractivity contribution in [1.82, 2.24) is 24.8 Å². The van der Waals surface area contributed by atoms with Crippen LogP contribution in [0.1, 0.15) is 12.5 Å². The predicted molar refractivity (Wildman–Crippen MR) is 84.9 cm³/mol. The maximum atomic E-state index is 12.1. The van der Waals surface area contributed by atoms with Crippen molar-refractivity contribution in [3.8, 4) is 11.4 Å². The number of rotatable bonds is 4. The summed E-state index contributed by atoms with van der Waals surface area (Å²) in [5.74, 6) is 0.635. The van der Waals surface area contributed by atoms with Gasteiger partial charge >= 0.3 is 5.69 Å². The molecular formula is C15H14ClN5O2. The van der Waals surface area contributed by atoms with Gasteiger partial charge in [-0.3, -0.25) is 4.98 Å². The first-order valence-corrected chi connectivity index (χ1v) is 7.17. The molecule has 0 aliphatic carbocycles. The molecule has 0 fully saturated rings. The third-order valence-electron chi connectivity index (χ3n) is 3.32. The molecule has 7 nitrogen and oxygen atoms in total. The molecule has 2 heterocycles. The second kappa shape index (κ2) is 6.21. The summed E-state index contributed by atoms with van der Waals surface area (Å²) in [6.45, 7) is 1.98. The molecule has 1 aromatic carbocycles. The maximum Gasteiger partial charge on any atom is 0.368 e. The molecule has 3 aromatic rings. The van der Waals surface area contributed by atoms with E-state index in [2.05, 4.69) is 15.4 Å². The molecule has 23 heavy (non-hydrogen) atoms. The molecule has 3 rings (SSSR count). The topological polar surface area (TPSA) is 74.8 Å². The van der Waals surface area contributed by atoms with Crippen molar-refractivity contribution in [2.24, 2.45) is 7.05 Å². The van der Waals surface area contributed by atoms with E-state index in [0.717, 1.165) is 14.9 Å². The van der Waals surface area contributed by atoms with Crippen LogP contribution >= 0.6 is 11.6 Å². The molecule has 0 unspecified atom stereocenters. The first-order valence-electron chi connectivity index (χ1n) is 7.29. The number of halogens is 1. The first-order chi connectivity index (χ1) is 11.5. The Bertz CT molecular complexity index is 953. The van der Waals surface area contributed by atoms with E-state index in [0.29, 0.717) is 28.1 Å². The molecular weight excluding hydrogens is 318 g/mol. The number of ether oxygens (including phenoxy) is 1. The van der Waals surface area contributed by atoms with Crippen LogP contribution in [-0.4, -0.2) is 24.8 Å². The SMILES string of the molecule is [3H]c1ccc(OCc2c(Cl)cncc2-n2nnn(C)c2=O)c(C)c1. The van der Waals surface area contributed by atoms with Crippen molar-refractivity contribution in [1.29, 1.82) is 0 Å². The lowest BCUT2D eigenvalue weighted by atomic mass is 10.2. The summed E-state index contributed by atoms with van der Waals surface area (Å²) >= 11 is 6.23. The number of pyridine rings is 1. The number of aryl methyl sites for hydroxylation is 2. The molecule has 0 spiro atoms. The number of para-hydroxylation sites is 1. The van der Waals surface area contributed by atoms with Gasteiger partial charge < -0.3 is 4.74 Å². The normalized spacial score (nSPS) is 11.3. The molecule has 0 aliphatic heterocycles. The number of hydrogen-bond donors (Lipinski definition) is 0. The Morgan fingerprint density at radius 1 is 1.35 bits per heavy atom. The number of tetrazole rings is 1. The van der Waals surface area contributed by atoms with E-state index < -0.39 is 5.69 Å². The van der Waals surface area contributed by atoms with Crippen LogP contribution < -0.4 is 10.4 Å². The van der Waals surface area contributed by atoms with Crippen LogP contribution in [0.15, 0.2) is 41.4 Å². The number of aromatic nitrogens is 5. The van der Waals surface area contributed by atoms with Gasteiger partial charge in [-0.2, -0.15) is 9.36 Å². The molecule has 0 aliphatic rings. The summed E-state index contributed by atoms with van der Waals surface area (Å²) in [5, 5.41) is 7.86. The van der Waals surface area contributed by atoms with Crippen LogP contribution in [0.2, 0.25) is 5.02 Å². The lowest BCUT2D eigenvalue weighted by molar-refractivity contribution is 0.303. The summed E-state index contributed by atoms with van der Waals surface area (Å²) < 4.78 is 15.6. The van der Waals surface area contributed by atoms with Crippen molar-refractivity contribution in [2.45, 2.75) is 13.5 Å². The zero-order chi connectivity index (χ0) is 17.3. The Hall–Kier alpha value is -2.67. The minimum atomic E-state index is -0.407. The van der Waals surface area contributed by atoms with Crippen LogP contribution in [-0.2, 0) is 13.7 Å². The maximum absolute atomic E-state index is 12.1. The fourth-order valence-corrected chi connectivity index (χ4v) is 2.26. The fourth-order valence-electron chi connectivity index (χ4n) is 2.05. The van der Waals surface area contributed by atoms with Gasteiger partial charge in [-0.1, -0.05) is 29.8 Å². The highest BCUT2D eigenvalue weighted by Crippen LogP contribution is 2.24. The Labute approximate surface area is 138 Å². The average molecular weight is 334 g/mol. The van der Waals surface area contributed by atoms with Gasteiger partial charge in [0.1, 0.15) is 12.4 Å². The number of benzene rings is 1. The summed E-state index contributed by atoms with van der Waals surface area (Å²) in [7, 11) is 1.51. The summed E-state index contributed by atoms with van der Waals surface area (Å²) in [6.07, 6.45) is 2.96. The van der Waals surface area contributed by atoms with Gasteiger partial charge in [-0.05, 0) is 29.0 Å². The molecule has 0 bridgehead atoms. The Balaban J connectivity index is 1.96. The molecule has 0 atom stereocenters. The quantitative estimate of drug-likeness (QED) is 0.729. The van der Waals surface area contributed by atoms with Crippen LogP contribution in [0.3, 0.4) is 0 Å². The average Bonchev–Trinajstić information content (AvgIpc) is 2.87. The van der Waals surface area contributed by atoms with Crippen LogP contribution in [0.5, 0.6) is 5.75 Å². The van der Waals surface area contributed by atoms with Crippen molar-refractivity contribution >= 4 is 11.6 Å². The summed E-state index contributed by atoms with van der Waals surface area (Å²) in [4.78, 5) is 16.1. The number of nitrogens with zero attached hydrogens (tertiary/aromatic N) is 5. The highest BCUT2D eigenvalue weighted by atomic mass is 35.5. The molecule has 8 heteroatoms. The van der Waals surface area contributed by atoms with E-state index in [-0.39, 0.29) is 6.61 Å². The summed E-state index contributed by atoms with van der Waals surface area (Å²) in [6, 6.07) is 5.48. The highest BCUT2D eigenvalue weighted by molar-refractivity contribution is 6.31. The molecule has 0 amide bonds. The predicted octanol–water partition coefficient (Wildman–Crippen LogP) is 1.90. The molecule has 0 radical (unpaired) electrons. The third-order valence-corrected chi connectivity index (χ3v) is 3.65. The zero-order valence-corrected chi connectivity index (χ0v) is 13.3. The fraction of sp³-hybridized carbons (Fsp3) is 0.200. The van der Waals surface area contributed by atoms with Crippen molar-refractivity contribution in [3.05, 3.63) is 63.3 Å². The smallest absolute Gasteiger partial charge is 0.368 e. The molecule has 0 saturated carbocycles. The van der Waals surface area contributed by atoms with E-state index in [9.17, 15) is 4.79 Å². The lowest BCUT2D eigenvalue weighted by Gasteiger charge is -2.12. The molecule has 2 aromatic heterocycles. The second-order valence-electron chi connectivity index (χ2n) is 4.90. The third kappa shape index (κ3) is 2.95. The van der Waals surface area contributed by atoms with Gasteiger partial charge in [0.15, 0.2) is 0 Å².